The van der Waals surface area contributed by atoms with E-state index in [4.69, 9.17) is 0 Å². The summed E-state index contributed by atoms with van der Waals surface area (Å²) in [6, 6.07) is 21.6. The van der Waals surface area contributed by atoms with Crippen LogP contribution in [0.1, 0.15) is 46.8 Å². The number of hydrogen-bond acceptors (Lipinski definition) is 2. The first-order valence-corrected chi connectivity index (χ1v) is 10.1. The van der Waals surface area contributed by atoms with E-state index >= 15 is 0 Å². The van der Waals surface area contributed by atoms with Crippen LogP contribution in [0.3, 0.4) is 0 Å². The SMILES string of the molecule is CCNC(=O)c1ccc2c(c1)C1C=CCC1C(c1ccc3ccccc3c1)N2. The van der Waals surface area contributed by atoms with Crippen LogP contribution in [-0.2, 0) is 0 Å². The highest BCUT2D eigenvalue weighted by Crippen LogP contribution is 2.50. The molecule has 2 N–H and O–H groups in total. The average molecular weight is 368 g/mol. The first-order chi connectivity index (χ1) is 13.7. The van der Waals surface area contributed by atoms with E-state index in [-0.39, 0.29) is 11.9 Å². The van der Waals surface area contributed by atoms with Crippen LogP contribution < -0.4 is 10.6 Å². The largest absolute Gasteiger partial charge is 0.378 e. The van der Waals surface area contributed by atoms with Crippen molar-refractivity contribution in [3.63, 3.8) is 0 Å². The molecule has 5 rings (SSSR count). The highest BCUT2D eigenvalue weighted by atomic mass is 16.1. The van der Waals surface area contributed by atoms with Gasteiger partial charge in [-0.15, -0.1) is 0 Å². The topological polar surface area (TPSA) is 41.1 Å². The molecule has 0 aromatic heterocycles. The average Bonchev–Trinajstić information content (AvgIpc) is 3.23. The Bertz CT molecular complexity index is 1080. The number of benzene rings is 3. The van der Waals surface area contributed by atoms with Gasteiger partial charge in [0.05, 0.1) is 6.04 Å². The van der Waals surface area contributed by atoms with Crippen LogP contribution >= 0.6 is 0 Å². The fourth-order valence-corrected chi connectivity index (χ4v) is 4.73. The van der Waals surface area contributed by atoms with E-state index in [1.807, 2.05) is 13.0 Å². The summed E-state index contributed by atoms with van der Waals surface area (Å²) in [5, 5.41) is 9.23. The summed E-state index contributed by atoms with van der Waals surface area (Å²) < 4.78 is 0. The third-order valence-electron chi connectivity index (χ3n) is 6.09. The summed E-state index contributed by atoms with van der Waals surface area (Å²) in [7, 11) is 0. The van der Waals surface area contributed by atoms with Crippen molar-refractivity contribution >= 4 is 22.4 Å². The normalized spacial score (nSPS) is 22.4. The zero-order chi connectivity index (χ0) is 19.1. The van der Waals surface area contributed by atoms with Crippen molar-refractivity contribution in [3.05, 3.63) is 89.5 Å². The predicted octanol–water partition coefficient (Wildman–Crippen LogP) is 5.42. The van der Waals surface area contributed by atoms with E-state index in [1.54, 1.807) is 0 Å². The van der Waals surface area contributed by atoms with E-state index in [1.165, 1.54) is 21.9 Å². The van der Waals surface area contributed by atoms with Gasteiger partial charge >= 0.3 is 0 Å². The maximum atomic E-state index is 12.3. The summed E-state index contributed by atoms with van der Waals surface area (Å²) in [6.45, 7) is 2.59. The highest BCUT2D eigenvalue weighted by Gasteiger charge is 2.38. The van der Waals surface area contributed by atoms with Crippen molar-refractivity contribution in [3.8, 4) is 0 Å². The van der Waals surface area contributed by atoms with Crippen molar-refractivity contribution in [1.82, 2.24) is 5.32 Å². The maximum Gasteiger partial charge on any atom is 0.251 e. The van der Waals surface area contributed by atoms with Crippen LogP contribution in [0.25, 0.3) is 10.8 Å². The van der Waals surface area contributed by atoms with Crippen molar-refractivity contribution in [1.29, 1.82) is 0 Å². The molecule has 0 radical (unpaired) electrons. The fourth-order valence-electron chi connectivity index (χ4n) is 4.73. The van der Waals surface area contributed by atoms with Crippen molar-refractivity contribution < 1.29 is 4.79 Å². The molecule has 28 heavy (non-hydrogen) atoms. The lowest BCUT2D eigenvalue weighted by Gasteiger charge is -2.37. The van der Waals surface area contributed by atoms with E-state index in [0.29, 0.717) is 18.4 Å². The second-order valence-corrected chi connectivity index (χ2v) is 7.74. The van der Waals surface area contributed by atoms with Gasteiger partial charge in [-0.25, -0.2) is 0 Å². The molecule has 3 aromatic carbocycles. The van der Waals surface area contributed by atoms with Crippen molar-refractivity contribution in [2.24, 2.45) is 5.92 Å². The number of amides is 1. The molecular weight excluding hydrogens is 344 g/mol. The van der Waals surface area contributed by atoms with Gasteiger partial charge in [-0.05, 0) is 65.4 Å². The summed E-state index contributed by atoms with van der Waals surface area (Å²) in [4.78, 5) is 12.3. The molecule has 0 saturated carbocycles. The zero-order valence-corrected chi connectivity index (χ0v) is 16.0. The van der Waals surface area contributed by atoms with Crippen molar-refractivity contribution in [2.75, 3.05) is 11.9 Å². The second-order valence-electron chi connectivity index (χ2n) is 7.74. The predicted molar refractivity (Wildman–Crippen MR) is 115 cm³/mol. The van der Waals surface area contributed by atoms with Crippen LogP contribution in [0.5, 0.6) is 0 Å². The van der Waals surface area contributed by atoms with Gasteiger partial charge in [0.2, 0.25) is 0 Å². The second kappa shape index (κ2) is 6.83. The minimum Gasteiger partial charge on any atom is -0.378 e. The van der Waals surface area contributed by atoms with E-state index in [9.17, 15) is 4.79 Å². The Morgan fingerprint density at radius 1 is 1.07 bits per heavy atom. The minimum atomic E-state index is 0.000444. The van der Waals surface area contributed by atoms with E-state index < -0.39 is 0 Å². The molecule has 0 spiro atoms. The lowest BCUT2D eigenvalue weighted by atomic mass is 9.76. The Labute approximate surface area is 165 Å². The number of allylic oxidation sites excluding steroid dienone is 2. The van der Waals surface area contributed by atoms with Gasteiger partial charge in [0.1, 0.15) is 0 Å². The van der Waals surface area contributed by atoms with Crippen LogP contribution in [0.4, 0.5) is 5.69 Å². The molecule has 3 nitrogen and oxygen atoms in total. The van der Waals surface area contributed by atoms with Gasteiger partial charge in [-0.3, -0.25) is 4.79 Å². The lowest BCUT2D eigenvalue weighted by Crippen LogP contribution is -2.30. The standard InChI is InChI=1S/C25H24N2O/c1-2-26-25(28)19-12-13-23-22(15-19)20-8-5-9-21(20)24(27-23)18-11-10-16-6-3-4-7-17(16)14-18/h3-8,10-15,20-21,24,27H,2,9H2,1H3,(H,26,28). The molecule has 0 bridgehead atoms. The number of carbonyl (C=O) groups is 1. The number of hydrogen-bond donors (Lipinski definition) is 2. The monoisotopic (exact) mass is 368 g/mol. The molecule has 1 aliphatic carbocycles. The van der Waals surface area contributed by atoms with Gasteiger partial charge in [-0.2, -0.15) is 0 Å². The number of carbonyl (C=O) groups excluding carboxylic acids is 1. The molecular formula is C25H24N2O. The molecule has 1 aliphatic heterocycles. The molecule has 3 unspecified atom stereocenters. The Kier molecular flexibility index (Phi) is 4.16. The zero-order valence-electron chi connectivity index (χ0n) is 16.0. The lowest BCUT2D eigenvalue weighted by molar-refractivity contribution is 0.0955. The first-order valence-electron chi connectivity index (χ1n) is 10.1. The molecule has 3 heteroatoms. The Morgan fingerprint density at radius 2 is 1.93 bits per heavy atom. The van der Waals surface area contributed by atoms with Gasteiger partial charge < -0.3 is 10.6 Å². The van der Waals surface area contributed by atoms with E-state index in [2.05, 4.69) is 77.4 Å². The third kappa shape index (κ3) is 2.78. The molecule has 3 atom stereocenters. The Hall–Kier alpha value is -3.07. The van der Waals surface area contributed by atoms with Gasteiger partial charge in [-0.1, -0.05) is 48.6 Å². The molecule has 0 saturated heterocycles. The quantitative estimate of drug-likeness (QED) is 0.607. The van der Waals surface area contributed by atoms with Gasteiger partial charge in [0.25, 0.3) is 5.91 Å². The van der Waals surface area contributed by atoms with Gasteiger partial charge in [0, 0.05) is 23.7 Å². The smallest absolute Gasteiger partial charge is 0.251 e. The summed E-state index contributed by atoms with van der Waals surface area (Å²) in [5.41, 5.74) is 4.44. The number of nitrogens with one attached hydrogen (secondary N) is 2. The molecule has 1 amide bonds. The summed E-state index contributed by atoms with van der Waals surface area (Å²) >= 11 is 0. The van der Waals surface area contributed by atoms with Gasteiger partial charge in [0.15, 0.2) is 0 Å². The summed E-state index contributed by atoms with van der Waals surface area (Å²) in [5.74, 6) is 0.820. The van der Waals surface area contributed by atoms with Crippen molar-refractivity contribution in [2.45, 2.75) is 25.3 Å². The number of rotatable bonds is 3. The minimum absolute atomic E-state index is 0.000444. The van der Waals surface area contributed by atoms with Crippen LogP contribution in [0.2, 0.25) is 0 Å². The number of anilines is 1. The Balaban J connectivity index is 1.54. The molecule has 0 fully saturated rings. The van der Waals surface area contributed by atoms with Crippen LogP contribution in [0, 0.1) is 5.92 Å². The molecule has 140 valence electrons. The molecule has 2 aliphatic rings. The maximum absolute atomic E-state index is 12.3. The fraction of sp³-hybridized carbons (Fsp3) is 0.240. The highest BCUT2D eigenvalue weighted by molar-refractivity contribution is 5.95. The van der Waals surface area contributed by atoms with Crippen LogP contribution in [0.15, 0.2) is 72.8 Å². The number of fused-ring (bicyclic) bond motifs is 4. The molecule has 1 heterocycles. The summed E-state index contributed by atoms with van der Waals surface area (Å²) in [6.07, 6.45) is 5.67. The van der Waals surface area contributed by atoms with E-state index in [0.717, 1.165) is 17.7 Å². The van der Waals surface area contributed by atoms with Crippen LogP contribution in [-0.4, -0.2) is 12.5 Å². The molecule has 3 aromatic rings. The third-order valence-corrected chi connectivity index (χ3v) is 6.09. The Morgan fingerprint density at radius 3 is 2.79 bits per heavy atom. The first kappa shape index (κ1) is 17.1.